The molecule has 1 fully saturated rings. The summed E-state index contributed by atoms with van der Waals surface area (Å²) in [5, 5.41) is 10.7. The molecule has 10 heteroatoms. The van der Waals surface area contributed by atoms with E-state index in [1.54, 1.807) is 6.20 Å². The third-order valence-electron chi connectivity index (χ3n) is 4.64. The molecule has 2 aromatic rings. The Balaban J connectivity index is 0.00000182. The van der Waals surface area contributed by atoms with Gasteiger partial charge in [0.25, 0.3) is 5.91 Å². The molecule has 1 aliphatic rings. The number of carbonyl (C=O) groups excluding carboxylic acids is 2. The largest absolute Gasteiger partial charge is 0.354 e. The molecular formula is C17H26Cl2N6O2. The van der Waals surface area contributed by atoms with Gasteiger partial charge in [-0.3, -0.25) is 14.7 Å². The van der Waals surface area contributed by atoms with Gasteiger partial charge in [-0.25, -0.2) is 4.98 Å². The van der Waals surface area contributed by atoms with Crippen molar-refractivity contribution in [3.63, 3.8) is 0 Å². The number of piperidine rings is 1. The van der Waals surface area contributed by atoms with Crippen LogP contribution in [0.4, 0.5) is 0 Å². The first-order chi connectivity index (χ1) is 12.1. The number of amides is 2. The zero-order valence-electron chi connectivity index (χ0n) is 15.2. The Labute approximate surface area is 170 Å². The molecule has 1 saturated heterocycles. The van der Waals surface area contributed by atoms with Crippen LogP contribution in [0.5, 0.6) is 0 Å². The highest BCUT2D eigenvalue weighted by molar-refractivity contribution is 5.97. The second-order valence-corrected chi connectivity index (χ2v) is 6.43. The summed E-state index contributed by atoms with van der Waals surface area (Å²) >= 11 is 0. The van der Waals surface area contributed by atoms with Crippen LogP contribution < -0.4 is 11.1 Å². The molecule has 2 amide bonds. The van der Waals surface area contributed by atoms with E-state index in [-0.39, 0.29) is 42.7 Å². The van der Waals surface area contributed by atoms with Gasteiger partial charge in [0.15, 0.2) is 5.65 Å². The minimum atomic E-state index is -0.0717. The van der Waals surface area contributed by atoms with Crippen molar-refractivity contribution >= 4 is 47.7 Å². The Kier molecular flexibility index (Phi) is 8.95. The van der Waals surface area contributed by atoms with Crippen LogP contribution >= 0.6 is 24.8 Å². The Bertz CT molecular complexity index is 782. The van der Waals surface area contributed by atoms with Crippen LogP contribution in [-0.2, 0) is 4.79 Å². The molecule has 27 heavy (non-hydrogen) atoms. The van der Waals surface area contributed by atoms with Crippen molar-refractivity contribution in [2.45, 2.75) is 38.6 Å². The summed E-state index contributed by atoms with van der Waals surface area (Å²) in [4.78, 5) is 30.8. The number of nitrogens with one attached hydrogen (secondary N) is 2. The van der Waals surface area contributed by atoms with Gasteiger partial charge in [-0.15, -0.1) is 24.8 Å². The lowest BCUT2D eigenvalue weighted by Gasteiger charge is -2.36. The predicted molar refractivity (Wildman–Crippen MR) is 108 cm³/mol. The summed E-state index contributed by atoms with van der Waals surface area (Å²) in [7, 11) is 0. The first-order valence-corrected chi connectivity index (χ1v) is 8.68. The number of rotatable bonds is 5. The first kappa shape index (κ1) is 23.1. The molecule has 0 saturated carbocycles. The maximum atomic E-state index is 13.0. The molecular weight excluding hydrogens is 391 g/mol. The smallest absolute Gasteiger partial charge is 0.255 e. The SMILES string of the molecule is Cc1[nH]nc2ncc(C(=O)N3CCCCC3CNC(=O)CCN)cc12.Cl.Cl. The normalized spacial score (nSPS) is 16.4. The summed E-state index contributed by atoms with van der Waals surface area (Å²) in [6.07, 6.45) is 4.79. The molecule has 2 aromatic heterocycles. The molecule has 0 aliphatic carbocycles. The van der Waals surface area contributed by atoms with Crippen molar-refractivity contribution in [1.82, 2.24) is 25.4 Å². The number of pyridine rings is 1. The second kappa shape index (κ2) is 10.4. The van der Waals surface area contributed by atoms with E-state index >= 15 is 0 Å². The van der Waals surface area contributed by atoms with Crippen LogP contribution in [0.3, 0.4) is 0 Å². The van der Waals surface area contributed by atoms with E-state index in [1.165, 1.54) is 0 Å². The van der Waals surface area contributed by atoms with Gasteiger partial charge in [0, 0.05) is 49.4 Å². The molecule has 1 aliphatic heterocycles. The number of aromatic nitrogens is 3. The van der Waals surface area contributed by atoms with Crippen molar-refractivity contribution in [1.29, 1.82) is 0 Å². The number of carbonyl (C=O) groups is 2. The highest BCUT2D eigenvalue weighted by Crippen LogP contribution is 2.21. The van der Waals surface area contributed by atoms with Crippen LogP contribution in [0, 0.1) is 6.92 Å². The van der Waals surface area contributed by atoms with Gasteiger partial charge in [0.05, 0.1) is 5.56 Å². The van der Waals surface area contributed by atoms with Crippen molar-refractivity contribution in [2.24, 2.45) is 5.73 Å². The monoisotopic (exact) mass is 416 g/mol. The molecule has 1 unspecified atom stereocenters. The average Bonchev–Trinajstić information content (AvgIpc) is 3.00. The zero-order valence-corrected chi connectivity index (χ0v) is 16.9. The fourth-order valence-electron chi connectivity index (χ4n) is 3.23. The number of nitrogens with two attached hydrogens (primary N) is 1. The number of hydrogen-bond acceptors (Lipinski definition) is 5. The number of halogens is 2. The summed E-state index contributed by atoms with van der Waals surface area (Å²) in [5.41, 5.74) is 7.45. The van der Waals surface area contributed by atoms with Gasteiger partial charge < -0.3 is 16.0 Å². The van der Waals surface area contributed by atoms with E-state index < -0.39 is 0 Å². The third-order valence-corrected chi connectivity index (χ3v) is 4.64. The highest BCUT2D eigenvalue weighted by atomic mass is 35.5. The number of aromatic amines is 1. The van der Waals surface area contributed by atoms with Crippen LogP contribution in [-0.4, -0.2) is 57.6 Å². The summed E-state index contributed by atoms with van der Waals surface area (Å²) in [5.74, 6) is -0.120. The minimum absolute atomic E-state index is 0. The average molecular weight is 417 g/mol. The fourth-order valence-corrected chi connectivity index (χ4v) is 3.23. The minimum Gasteiger partial charge on any atom is -0.354 e. The third kappa shape index (κ3) is 5.31. The molecule has 150 valence electrons. The number of hydrogen-bond donors (Lipinski definition) is 3. The lowest BCUT2D eigenvalue weighted by Crippen LogP contribution is -2.49. The molecule has 0 radical (unpaired) electrons. The topological polar surface area (TPSA) is 117 Å². The molecule has 1 atom stereocenters. The number of aryl methyl sites for hydroxylation is 1. The molecule has 0 spiro atoms. The van der Waals surface area contributed by atoms with E-state index in [0.717, 1.165) is 30.3 Å². The van der Waals surface area contributed by atoms with Crippen molar-refractivity contribution in [2.75, 3.05) is 19.6 Å². The molecule has 0 bridgehead atoms. The van der Waals surface area contributed by atoms with Gasteiger partial charge in [0.1, 0.15) is 0 Å². The molecule has 0 aromatic carbocycles. The van der Waals surface area contributed by atoms with Gasteiger partial charge in [-0.2, -0.15) is 5.10 Å². The van der Waals surface area contributed by atoms with E-state index in [0.29, 0.717) is 37.3 Å². The second-order valence-electron chi connectivity index (χ2n) is 6.43. The standard InChI is InChI=1S/C17H24N6O2.2ClH/c1-11-14-8-12(9-20-16(14)22-21-11)17(25)23-7-3-2-4-13(23)10-19-15(24)5-6-18;;/h8-9,13H,2-7,10,18H2,1H3,(H,19,24)(H,20,21,22);2*1H. The lowest BCUT2D eigenvalue weighted by atomic mass is 10.0. The van der Waals surface area contributed by atoms with Crippen LogP contribution in [0.15, 0.2) is 12.3 Å². The number of H-pyrrole nitrogens is 1. The van der Waals surface area contributed by atoms with Gasteiger partial charge in [-0.05, 0) is 32.3 Å². The number of fused-ring (bicyclic) bond motifs is 1. The maximum absolute atomic E-state index is 13.0. The van der Waals surface area contributed by atoms with Crippen molar-refractivity contribution in [3.8, 4) is 0 Å². The quantitative estimate of drug-likeness (QED) is 0.683. The molecule has 3 rings (SSSR count). The fraction of sp³-hybridized carbons (Fsp3) is 0.529. The zero-order chi connectivity index (χ0) is 17.8. The van der Waals surface area contributed by atoms with Gasteiger partial charge >= 0.3 is 0 Å². The number of likely N-dealkylation sites (tertiary alicyclic amines) is 1. The van der Waals surface area contributed by atoms with Crippen LogP contribution in [0.2, 0.25) is 0 Å². The Morgan fingerprint density at radius 3 is 2.89 bits per heavy atom. The van der Waals surface area contributed by atoms with Crippen molar-refractivity contribution < 1.29 is 9.59 Å². The van der Waals surface area contributed by atoms with Crippen molar-refractivity contribution in [3.05, 3.63) is 23.5 Å². The summed E-state index contributed by atoms with van der Waals surface area (Å²) in [6, 6.07) is 1.84. The Hall–Kier alpha value is -1.90. The van der Waals surface area contributed by atoms with E-state index in [9.17, 15) is 9.59 Å². The predicted octanol–water partition coefficient (Wildman–Crippen LogP) is 1.57. The van der Waals surface area contributed by atoms with E-state index in [1.807, 2.05) is 17.9 Å². The van der Waals surface area contributed by atoms with E-state index in [2.05, 4.69) is 20.5 Å². The molecule has 4 N–H and O–H groups in total. The Morgan fingerprint density at radius 2 is 2.15 bits per heavy atom. The number of nitrogens with zero attached hydrogens (tertiary/aromatic N) is 3. The first-order valence-electron chi connectivity index (χ1n) is 8.68. The summed E-state index contributed by atoms with van der Waals surface area (Å²) < 4.78 is 0. The molecule has 8 nitrogen and oxygen atoms in total. The lowest BCUT2D eigenvalue weighted by molar-refractivity contribution is -0.121. The maximum Gasteiger partial charge on any atom is 0.255 e. The van der Waals surface area contributed by atoms with Crippen LogP contribution in [0.25, 0.3) is 11.0 Å². The molecule has 3 heterocycles. The summed E-state index contributed by atoms with van der Waals surface area (Å²) in [6.45, 7) is 3.39. The highest BCUT2D eigenvalue weighted by Gasteiger charge is 2.28. The van der Waals surface area contributed by atoms with Gasteiger partial charge in [-0.1, -0.05) is 0 Å². The Morgan fingerprint density at radius 1 is 1.37 bits per heavy atom. The van der Waals surface area contributed by atoms with E-state index in [4.69, 9.17) is 5.73 Å². The van der Waals surface area contributed by atoms with Gasteiger partial charge in [0.2, 0.25) is 5.91 Å². The van der Waals surface area contributed by atoms with Crippen LogP contribution in [0.1, 0.15) is 41.7 Å².